The SMILES string of the molecule is Cn1nc(N)c2c(Cl)ccc(-c3ccc(C#CC(C)(C)O)nc3[C@H](Cc3cc(F)cc(F)c3)NC(=O)Cn3nc(C(F)F)c4c3C(F)(F)[C@@H]3C=C[C@H]43)c21. The number of alkyl halides is 4. The van der Waals surface area contributed by atoms with Gasteiger partial charge < -0.3 is 16.2 Å². The zero-order chi connectivity index (χ0) is 38.1. The number of benzene rings is 2. The highest BCUT2D eigenvalue weighted by atomic mass is 35.5. The quantitative estimate of drug-likeness (QED) is 0.0903. The summed E-state index contributed by atoms with van der Waals surface area (Å²) in [6.45, 7) is 2.03. The monoisotopic (exact) mass is 753 g/mol. The highest BCUT2D eigenvalue weighted by Crippen LogP contribution is 2.59. The lowest BCUT2D eigenvalue weighted by Crippen LogP contribution is -2.35. The summed E-state index contributed by atoms with van der Waals surface area (Å²) < 4.78 is 90.2. The molecule has 3 heterocycles. The summed E-state index contributed by atoms with van der Waals surface area (Å²) in [4.78, 5) is 18.6. The number of aryl methyl sites for hydroxylation is 1. The van der Waals surface area contributed by atoms with Crippen LogP contribution in [-0.4, -0.2) is 41.2 Å². The first-order valence-electron chi connectivity index (χ1n) is 16.3. The van der Waals surface area contributed by atoms with Crippen LogP contribution in [0.4, 0.5) is 32.2 Å². The van der Waals surface area contributed by atoms with Crippen molar-refractivity contribution >= 4 is 34.2 Å². The first-order valence-corrected chi connectivity index (χ1v) is 16.7. The van der Waals surface area contributed by atoms with Crippen molar-refractivity contribution in [1.29, 1.82) is 0 Å². The molecule has 274 valence electrons. The van der Waals surface area contributed by atoms with Gasteiger partial charge in [-0.15, -0.1) is 0 Å². The van der Waals surface area contributed by atoms with Crippen LogP contribution < -0.4 is 11.1 Å². The predicted molar refractivity (Wildman–Crippen MR) is 184 cm³/mol. The lowest BCUT2D eigenvalue weighted by Gasteiger charge is -2.27. The summed E-state index contributed by atoms with van der Waals surface area (Å²) in [5.74, 6) is -3.02. The smallest absolute Gasteiger partial charge is 0.296 e. The van der Waals surface area contributed by atoms with Gasteiger partial charge in [-0.05, 0) is 62.1 Å². The van der Waals surface area contributed by atoms with E-state index in [9.17, 15) is 27.5 Å². The molecule has 2 aliphatic rings. The fourth-order valence-electron chi connectivity index (χ4n) is 7.00. The van der Waals surface area contributed by atoms with E-state index in [1.807, 2.05) is 0 Å². The number of rotatable bonds is 8. The van der Waals surface area contributed by atoms with E-state index >= 15 is 8.78 Å². The van der Waals surface area contributed by atoms with E-state index in [1.165, 1.54) is 30.7 Å². The van der Waals surface area contributed by atoms with Crippen molar-refractivity contribution in [3.63, 3.8) is 0 Å². The second-order valence-electron chi connectivity index (χ2n) is 13.5. The van der Waals surface area contributed by atoms with Crippen molar-refractivity contribution in [1.82, 2.24) is 29.9 Å². The third kappa shape index (κ3) is 6.50. The van der Waals surface area contributed by atoms with Crippen LogP contribution in [0.2, 0.25) is 5.02 Å². The van der Waals surface area contributed by atoms with E-state index in [2.05, 4.69) is 27.4 Å². The molecular formula is C37H30ClF6N7O2. The van der Waals surface area contributed by atoms with Crippen LogP contribution in [0.15, 0.2) is 54.6 Å². The van der Waals surface area contributed by atoms with Gasteiger partial charge in [-0.1, -0.05) is 35.7 Å². The zero-order valence-electron chi connectivity index (χ0n) is 28.2. The van der Waals surface area contributed by atoms with Gasteiger partial charge in [0.25, 0.3) is 12.3 Å². The molecule has 9 nitrogen and oxygen atoms in total. The minimum absolute atomic E-state index is 0.0914. The molecule has 2 aliphatic carbocycles. The Labute approximate surface area is 303 Å². The molecule has 4 N–H and O–H groups in total. The Bertz CT molecular complexity index is 2390. The average molecular weight is 754 g/mol. The molecule has 0 fully saturated rings. The molecule has 5 aromatic rings. The van der Waals surface area contributed by atoms with Gasteiger partial charge in [0, 0.05) is 35.7 Å². The van der Waals surface area contributed by atoms with E-state index in [0.717, 1.165) is 12.1 Å². The molecule has 0 unspecified atom stereocenters. The van der Waals surface area contributed by atoms with Crippen LogP contribution in [-0.2, 0) is 30.7 Å². The number of pyridine rings is 1. The van der Waals surface area contributed by atoms with Crippen LogP contribution in [0.25, 0.3) is 22.0 Å². The van der Waals surface area contributed by atoms with Gasteiger partial charge >= 0.3 is 0 Å². The number of hydrogen-bond donors (Lipinski definition) is 3. The molecule has 16 heteroatoms. The fourth-order valence-corrected chi connectivity index (χ4v) is 7.25. The molecule has 7 rings (SSSR count). The number of hydrogen-bond acceptors (Lipinski definition) is 6. The number of carbonyl (C=O) groups is 1. The number of carbonyl (C=O) groups excluding carboxylic acids is 1. The molecular weight excluding hydrogens is 724 g/mol. The molecule has 0 saturated heterocycles. The number of nitrogen functional groups attached to an aromatic ring is 1. The van der Waals surface area contributed by atoms with Crippen LogP contribution in [0.5, 0.6) is 0 Å². The van der Waals surface area contributed by atoms with E-state index in [0.29, 0.717) is 37.8 Å². The number of allylic oxidation sites excluding steroid dienone is 2. The van der Waals surface area contributed by atoms with E-state index < -0.39 is 71.3 Å². The number of halogens is 7. The first kappa shape index (κ1) is 36.0. The average Bonchev–Trinajstić information content (AvgIpc) is 3.60. The number of aromatic nitrogens is 5. The zero-order valence-corrected chi connectivity index (χ0v) is 29.0. The summed E-state index contributed by atoms with van der Waals surface area (Å²) in [7, 11) is 1.64. The maximum atomic E-state index is 15.5. The Hall–Kier alpha value is -5.33. The van der Waals surface area contributed by atoms with Crippen LogP contribution in [0, 0.1) is 29.4 Å². The third-order valence-electron chi connectivity index (χ3n) is 9.20. The first-order chi connectivity index (χ1) is 24.9. The van der Waals surface area contributed by atoms with E-state index in [4.69, 9.17) is 22.3 Å². The number of nitrogens with two attached hydrogens (primary N) is 1. The second kappa shape index (κ2) is 13.0. The van der Waals surface area contributed by atoms with Gasteiger partial charge in [-0.2, -0.15) is 19.0 Å². The van der Waals surface area contributed by atoms with Gasteiger partial charge in [-0.3, -0.25) is 14.2 Å². The van der Waals surface area contributed by atoms with Gasteiger partial charge in [0.05, 0.1) is 33.6 Å². The molecule has 0 radical (unpaired) electrons. The molecule has 0 aliphatic heterocycles. The third-order valence-corrected chi connectivity index (χ3v) is 9.52. The van der Waals surface area contributed by atoms with E-state index in [1.54, 1.807) is 31.3 Å². The minimum Gasteiger partial charge on any atom is -0.382 e. The molecule has 1 amide bonds. The summed E-state index contributed by atoms with van der Waals surface area (Å²) >= 11 is 6.50. The number of nitrogens with one attached hydrogen (secondary N) is 1. The lowest BCUT2D eigenvalue weighted by molar-refractivity contribution is -0.123. The summed E-state index contributed by atoms with van der Waals surface area (Å²) in [5.41, 5.74) is 4.54. The van der Waals surface area contributed by atoms with Crippen molar-refractivity contribution in [3.8, 4) is 23.0 Å². The number of nitrogens with zero attached hydrogens (tertiary/aromatic N) is 5. The number of amides is 1. The maximum absolute atomic E-state index is 15.5. The van der Waals surface area contributed by atoms with Gasteiger partial charge in [0.1, 0.15) is 40.9 Å². The summed E-state index contributed by atoms with van der Waals surface area (Å²) in [6.07, 6.45) is -0.815. The largest absolute Gasteiger partial charge is 0.382 e. The summed E-state index contributed by atoms with van der Waals surface area (Å²) in [5, 5.41) is 21.8. The topological polar surface area (TPSA) is 124 Å². The Balaban J connectivity index is 1.37. The lowest BCUT2D eigenvalue weighted by atomic mass is 9.81. The molecule has 0 spiro atoms. The molecule has 3 atom stereocenters. The maximum Gasteiger partial charge on any atom is 0.296 e. The second-order valence-corrected chi connectivity index (χ2v) is 13.9. The van der Waals surface area contributed by atoms with Crippen molar-refractivity contribution < 1.29 is 36.2 Å². The Morgan fingerprint density at radius 2 is 1.77 bits per heavy atom. The molecule has 0 saturated carbocycles. The highest BCUT2D eigenvalue weighted by Gasteiger charge is 2.60. The Morgan fingerprint density at radius 3 is 2.42 bits per heavy atom. The van der Waals surface area contributed by atoms with Crippen LogP contribution in [0.1, 0.15) is 66.1 Å². The number of fused-ring (bicyclic) bond motifs is 4. The van der Waals surface area contributed by atoms with Gasteiger partial charge in [-0.25, -0.2) is 22.5 Å². The van der Waals surface area contributed by atoms with Gasteiger partial charge in [0.2, 0.25) is 5.91 Å². The number of anilines is 1. The van der Waals surface area contributed by atoms with E-state index in [-0.39, 0.29) is 34.8 Å². The summed E-state index contributed by atoms with van der Waals surface area (Å²) in [6, 6.07) is 7.98. The highest BCUT2D eigenvalue weighted by molar-refractivity contribution is 6.37. The minimum atomic E-state index is -3.57. The Kier molecular flexibility index (Phi) is 8.81. The van der Waals surface area contributed by atoms with Crippen LogP contribution >= 0.6 is 11.6 Å². The molecule has 3 aromatic heterocycles. The fraction of sp³-hybridized carbons (Fsp3) is 0.297. The Morgan fingerprint density at radius 1 is 1.08 bits per heavy atom. The molecule has 53 heavy (non-hydrogen) atoms. The standard InChI is InChI=1S/C37H30ClF6N7O2/c1-36(2,53)11-10-20-4-5-21(22-7-9-25(38)29-32(22)50(3)49-35(29)45)30(46-20)26(14-17-12-18(39)15-19(40)13-17)47-27(52)16-51-33-28(31(48-51)34(41)42)23-6-8-24(23)37(33,43)44/h4-9,12-13,15,23-24,26,34,53H,14,16H2,1-3H3,(H2,45,49)(H,47,52)/t23-,24+,26-/m0/s1. The predicted octanol–water partition coefficient (Wildman–Crippen LogP) is 6.88. The molecule has 2 aromatic carbocycles. The van der Waals surface area contributed by atoms with Crippen molar-refractivity contribution in [3.05, 3.63) is 105 Å². The van der Waals surface area contributed by atoms with Crippen LogP contribution in [0.3, 0.4) is 0 Å². The van der Waals surface area contributed by atoms with Gasteiger partial charge in [0.15, 0.2) is 5.82 Å². The normalized spacial score (nSPS) is 17.7. The van der Waals surface area contributed by atoms with Crippen molar-refractivity contribution in [2.75, 3.05) is 5.73 Å². The molecule has 0 bridgehead atoms. The van der Waals surface area contributed by atoms with Crippen molar-refractivity contribution in [2.45, 2.75) is 56.7 Å². The number of aliphatic hydroxyl groups is 1. The van der Waals surface area contributed by atoms with Crippen molar-refractivity contribution in [2.24, 2.45) is 13.0 Å².